The Labute approximate surface area is 155 Å². The van der Waals surface area contributed by atoms with Crippen LogP contribution in [0, 0.1) is 5.41 Å². The van der Waals surface area contributed by atoms with Gasteiger partial charge in [0.05, 0.1) is 12.2 Å². The highest BCUT2D eigenvalue weighted by molar-refractivity contribution is 5.82. The van der Waals surface area contributed by atoms with E-state index in [2.05, 4.69) is 22.1 Å². The van der Waals surface area contributed by atoms with Gasteiger partial charge < -0.3 is 10.0 Å². The summed E-state index contributed by atoms with van der Waals surface area (Å²) in [5.74, 6) is 0.357. The van der Waals surface area contributed by atoms with E-state index >= 15 is 0 Å². The summed E-state index contributed by atoms with van der Waals surface area (Å²) in [7, 11) is 0. The fourth-order valence-corrected chi connectivity index (χ4v) is 5.15. The van der Waals surface area contributed by atoms with Crippen molar-refractivity contribution in [3.8, 4) is 0 Å². The lowest BCUT2D eigenvalue weighted by Crippen LogP contribution is -2.47. The number of carbonyl (C=O) groups is 1. The molecular formula is C20H32N4O2. The summed E-state index contributed by atoms with van der Waals surface area (Å²) < 4.78 is 1.93. The van der Waals surface area contributed by atoms with Crippen LogP contribution in [0.5, 0.6) is 0 Å². The van der Waals surface area contributed by atoms with E-state index in [0.29, 0.717) is 5.91 Å². The number of amides is 1. The van der Waals surface area contributed by atoms with Gasteiger partial charge in [0.25, 0.3) is 0 Å². The monoisotopic (exact) mass is 360 g/mol. The third kappa shape index (κ3) is 3.28. The van der Waals surface area contributed by atoms with Crippen LogP contribution in [0.3, 0.4) is 0 Å². The Kier molecular flexibility index (Phi) is 4.80. The number of hydrogen-bond donors (Lipinski definition) is 1. The van der Waals surface area contributed by atoms with E-state index in [-0.39, 0.29) is 11.5 Å². The van der Waals surface area contributed by atoms with Crippen molar-refractivity contribution in [1.82, 2.24) is 19.9 Å². The highest BCUT2D eigenvalue weighted by Crippen LogP contribution is 2.39. The average molecular weight is 361 g/mol. The first-order chi connectivity index (χ1) is 12.5. The van der Waals surface area contributed by atoms with Crippen LogP contribution in [0.2, 0.25) is 0 Å². The third-order valence-electron chi connectivity index (χ3n) is 7.02. The van der Waals surface area contributed by atoms with Gasteiger partial charge in [0.2, 0.25) is 5.91 Å². The van der Waals surface area contributed by atoms with Crippen LogP contribution in [0.1, 0.15) is 89.3 Å². The molecule has 6 nitrogen and oxygen atoms in total. The molecule has 0 unspecified atom stereocenters. The van der Waals surface area contributed by atoms with Crippen molar-refractivity contribution in [3.63, 3.8) is 0 Å². The minimum Gasteiger partial charge on any atom is -0.383 e. The number of carbonyl (C=O) groups excluding carboxylic acids is 1. The van der Waals surface area contributed by atoms with Crippen molar-refractivity contribution >= 4 is 5.91 Å². The summed E-state index contributed by atoms with van der Waals surface area (Å²) in [5.41, 5.74) is -0.190. The van der Waals surface area contributed by atoms with Crippen molar-refractivity contribution in [2.24, 2.45) is 5.41 Å². The Balaban J connectivity index is 1.36. The van der Waals surface area contributed by atoms with E-state index in [9.17, 15) is 9.90 Å². The minimum absolute atomic E-state index is 0.142. The zero-order valence-electron chi connectivity index (χ0n) is 16.0. The van der Waals surface area contributed by atoms with E-state index in [1.807, 2.05) is 10.9 Å². The van der Waals surface area contributed by atoms with Crippen molar-refractivity contribution in [2.75, 3.05) is 13.1 Å². The molecule has 0 atom stereocenters. The summed E-state index contributed by atoms with van der Waals surface area (Å²) in [6.45, 7) is 3.77. The van der Waals surface area contributed by atoms with Crippen LogP contribution in [0.4, 0.5) is 0 Å². The Morgan fingerprint density at radius 1 is 1.08 bits per heavy atom. The lowest BCUT2D eigenvalue weighted by atomic mass is 9.74. The van der Waals surface area contributed by atoms with Crippen LogP contribution >= 0.6 is 0 Å². The zero-order chi connectivity index (χ0) is 18.2. The van der Waals surface area contributed by atoms with E-state index in [0.717, 1.165) is 70.2 Å². The molecule has 0 aromatic carbocycles. The zero-order valence-corrected chi connectivity index (χ0v) is 16.0. The maximum absolute atomic E-state index is 13.0. The number of hydrogen-bond acceptors (Lipinski definition) is 4. The van der Waals surface area contributed by atoms with Crippen LogP contribution < -0.4 is 0 Å². The Morgan fingerprint density at radius 2 is 1.69 bits per heavy atom. The van der Waals surface area contributed by atoms with E-state index in [1.54, 1.807) is 0 Å². The molecule has 0 bridgehead atoms. The van der Waals surface area contributed by atoms with Gasteiger partial charge in [0, 0.05) is 18.5 Å². The van der Waals surface area contributed by atoms with Crippen LogP contribution in [-0.2, 0) is 10.4 Å². The third-order valence-corrected chi connectivity index (χ3v) is 7.02. The molecule has 1 amide bonds. The Bertz CT molecular complexity index is 636. The maximum Gasteiger partial charge on any atom is 0.228 e. The topological polar surface area (TPSA) is 71.2 Å². The molecule has 0 spiro atoms. The predicted octanol–water partition coefficient (Wildman–Crippen LogP) is 3.17. The van der Waals surface area contributed by atoms with Crippen LogP contribution in [-0.4, -0.2) is 44.0 Å². The van der Waals surface area contributed by atoms with Crippen molar-refractivity contribution in [1.29, 1.82) is 0 Å². The Hall–Kier alpha value is -1.43. The lowest BCUT2D eigenvalue weighted by molar-refractivity contribution is -0.144. The molecule has 3 aliphatic rings. The summed E-state index contributed by atoms with van der Waals surface area (Å²) >= 11 is 0. The second-order valence-electron chi connectivity index (χ2n) is 8.97. The van der Waals surface area contributed by atoms with Crippen molar-refractivity contribution in [2.45, 2.75) is 89.2 Å². The normalized spacial score (nSPS) is 26.2. The molecule has 1 saturated heterocycles. The number of aliphatic hydroxyl groups is 1. The van der Waals surface area contributed by atoms with Crippen LogP contribution in [0.15, 0.2) is 6.20 Å². The van der Waals surface area contributed by atoms with Crippen molar-refractivity contribution < 1.29 is 9.90 Å². The molecule has 6 heteroatoms. The standard InChI is InChI=1S/C20H32N4O2/c1-19(9-3-2-4-10-19)18(25)23-13-7-16(8-14-23)24-15-17(21-22-24)20(26)11-5-6-12-20/h15-16,26H,2-14H2,1H3. The van der Waals surface area contributed by atoms with Gasteiger partial charge in [0.15, 0.2) is 0 Å². The second kappa shape index (κ2) is 6.95. The first-order valence-electron chi connectivity index (χ1n) is 10.4. The summed E-state index contributed by atoms with van der Waals surface area (Å²) in [4.78, 5) is 15.1. The predicted molar refractivity (Wildman–Crippen MR) is 98.4 cm³/mol. The Morgan fingerprint density at radius 3 is 2.35 bits per heavy atom. The lowest BCUT2D eigenvalue weighted by Gasteiger charge is -2.40. The molecule has 4 rings (SSSR count). The van der Waals surface area contributed by atoms with Crippen LogP contribution in [0.25, 0.3) is 0 Å². The molecule has 2 heterocycles. The van der Waals surface area contributed by atoms with E-state index in [1.165, 1.54) is 19.3 Å². The average Bonchev–Trinajstić information content (AvgIpc) is 3.32. The van der Waals surface area contributed by atoms with Gasteiger partial charge in [-0.2, -0.15) is 0 Å². The molecule has 1 N–H and O–H groups in total. The second-order valence-corrected chi connectivity index (χ2v) is 8.97. The molecule has 2 aliphatic carbocycles. The van der Waals surface area contributed by atoms with Crippen molar-refractivity contribution in [3.05, 3.63) is 11.9 Å². The molecular weight excluding hydrogens is 328 g/mol. The molecule has 0 radical (unpaired) electrons. The minimum atomic E-state index is -0.773. The first kappa shape index (κ1) is 18.0. The van der Waals surface area contributed by atoms with Gasteiger partial charge in [-0.15, -0.1) is 5.10 Å². The summed E-state index contributed by atoms with van der Waals surface area (Å²) in [5, 5.41) is 19.3. The molecule has 3 fully saturated rings. The fraction of sp³-hybridized carbons (Fsp3) is 0.850. The van der Waals surface area contributed by atoms with Gasteiger partial charge >= 0.3 is 0 Å². The fourth-order valence-electron chi connectivity index (χ4n) is 5.15. The van der Waals surface area contributed by atoms with Gasteiger partial charge in [-0.25, -0.2) is 4.68 Å². The van der Waals surface area contributed by atoms with Gasteiger partial charge in [-0.05, 0) is 38.5 Å². The number of nitrogens with zero attached hydrogens (tertiary/aromatic N) is 4. The molecule has 144 valence electrons. The van der Waals surface area contributed by atoms with Gasteiger partial charge in [-0.1, -0.05) is 44.2 Å². The number of rotatable bonds is 3. The van der Waals surface area contributed by atoms with Gasteiger partial charge in [0.1, 0.15) is 11.3 Å². The summed E-state index contributed by atoms with van der Waals surface area (Å²) in [6, 6.07) is 0.282. The molecule has 1 aromatic heterocycles. The van der Waals surface area contributed by atoms with E-state index < -0.39 is 5.60 Å². The molecule has 2 saturated carbocycles. The van der Waals surface area contributed by atoms with Gasteiger partial charge in [-0.3, -0.25) is 4.79 Å². The van der Waals surface area contributed by atoms with E-state index in [4.69, 9.17) is 0 Å². The molecule has 1 aromatic rings. The number of aromatic nitrogens is 3. The maximum atomic E-state index is 13.0. The smallest absolute Gasteiger partial charge is 0.228 e. The molecule has 1 aliphatic heterocycles. The highest BCUT2D eigenvalue weighted by Gasteiger charge is 2.39. The largest absolute Gasteiger partial charge is 0.383 e. The SMILES string of the molecule is CC1(C(=O)N2CCC(n3cc(C4(O)CCCC4)nn3)CC2)CCCCC1. The summed E-state index contributed by atoms with van der Waals surface area (Å²) in [6.07, 6.45) is 13.2. The first-order valence-corrected chi connectivity index (χ1v) is 10.4. The number of piperidine rings is 1. The molecule has 26 heavy (non-hydrogen) atoms. The quantitative estimate of drug-likeness (QED) is 0.899. The number of likely N-dealkylation sites (tertiary alicyclic amines) is 1. The highest BCUT2D eigenvalue weighted by atomic mass is 16.3.